The first kappa shape index (κ1) is 26.4. The second kappa shape index (κ2) is 12.1. The van der Waals surface area contributed by atoms with Crippen LogP contribution < -0.4 is 0 Å². The van der Waals surface area contributed by atoms with Crippen molar-refractivity contribution in [1.29, 1.82) is 0 Å². The highest BCUT2D eigenvalue weighted by Crippen LogP contribution is 2.37. The van der Waals surface area contributed by atoms with Gasteiger partial charge in [-0.2, -0.15) is 0 Å². The molecule has 0 bridgehead atoms. The Kier molecular flexibility index (Phi) is 8.39. The van der Waals surface area contributed by atoms with Crippen LogP contribution in [0.3, 0.4) is 0 Å². The highest BCUT2D eigenvalue weighted by atomic mass is 16.5. The van der Waals surface area contributed by atoms with Gasteiger partial charge in [-0.1, -0.05) is 12.1 Å². The van der Waals surface area contributed by atoms with Crippen molar-refractivity contribution in [3.05, 3.63) is 65.5 Å². The van der Waals surface area contributed by atoms with Gasteiger partial charge in [0.25, 0.3) is 11.8 Å². The molecule has 0 unspecified atom stereocenters. The van der Waals surface area contributed by atoms with Gasteiger partial charge in [-0.05, 0) is 67.3 Å². The lowest BCUT2D eigenvalue weighted by Crippen LogP contribution is -2.40. The predicted molar refractivity (Wildman–Crippen MR) is 146 cm³/mol. The van der Waals surface area contributed by atoms with Crippen LogP contribution in [0.4, 0.5) is 0 Å². The van der Waals surface area contributed by atoms with Crippen LogP contribution in [0.2, 0.25) is 0 Å². The SMILES string of the molecule is COCCN(C)C(=O)c1ccc(C2CCC(Cn3cc(C(=O)N4CCOCC4)c4ncccc43)CC2)cc1. The third kappa shape index (κ3) is 5.76. The molecule has 0 spiro atoms. The lowest BCUT2D eigenvalue weighted by Gasteiger charge is -2.29. The van der Waals surface area contributed by atoms with Crippen LogP contribution in [0.5, 0.6) is 0 Å². The number of carbonyl (C=O) groups excluding carboxylic acids is 2. The molecular weight excluding hydrogens is 480 g/mol. The predicted octanol–water partition coefficient (Wildman–Crippen LogP) is 4.20. The molecule has 38 heavy (non-hydrogen) atoms. The van der Waals surface area contributed by atoms with Crippen LogP contribution in [0, 0.1) is 5.92 Å². The van der Waals surface area contributed by atoms with E-state index < -0.39 is 0 Å². The second-order valence-corrected chi connectivity index (χ2v) is 10.5. The molecule has 2 amide bonds. The zero-order valence-corrected chi connectivity index (χ0v) is 22.5. The number of likely N-dealkylation sites (N-methyl/N-ethyl adjacent to an activating group) is 1. The quantitative estimate of drug-likeness (QED) is 0.447. The molecular formula is C30H38N4O4. The van der Waals surface area contributed by atoms with Crippen LogP contribution in [0.25, 0.3) is 11.0 Å². The number of aromatic nitrogens is 2. The number of rotatable bonds is 8. The summed E-state index contributed by atoms with van der Waals surface area (Å²) in [7, 11) is 3.45. The van der Waals surface area contributed by atoms with Crippen LogP contribution in [0.1, 0.15) is 57.9 Å². The number of carbonyl (C=O) groups is 2. The van der Waals surface area contributed by atoms with Crippen LogP contribution in [-0.2, 0) is 16.0 Å². The number of fused-ring (bicyclic) bond motifs is 1. The summed E-state index contributed by atoms with van der Waals surface area (Å²) in [6.07, 6.45) is 8.31. The maximum atomic E-state index is 13.3. The minimum atomic E-state index is 0.0252. The molecule has 3 aromatic rings. The molecule has 0 atom stereocenters. The normalized spacial score (nSPS) is 20.0. The fourth-order valence-corrected chi connectivity index (χ4v) is 5.77. The molecule has 2 fully saturated rings. The number of pyridine rings is 1. The van der Waals surface area contributed by atoms with Gasteiger partial charge in [0.1, 0.15) is 5.52 Å². The molecule has 202 valence electrons. The molecule has 0 N–H and O–H groups in total. The average molecular weight is 519 g/mol. The number of hydrogen-bond acceptors (Lipinski definition) is 5. The molecule has 1 aliphatic carbocycles. The summed E-state index contributed by atoms with van der Waals surface area (Å²) in [5.41, 5.74) is 4.55. The van der Waals surface area contributed by atoms with Gasteiger partial charge >= 0.3 is 0 Å². The third-order valence-electron chi connectivity index (χ3n) is 8.07. The molecule has 5 rings (SSSR count). The monoisotopic (exact) mass is 518 g/mol. The molecule has 1 aromatic carbocycles. The van der Waals surface area contributed by atoms with Gasteiger partial charge in [0, 0.05) is 58.3 Å². The molecule has 2 aromatic heterocycles. The smallest absolute Gasteiger partial charge is 0.257 e. The van der Waals surface area contributed by atoms with Crippen molar-refractivity contribution in [1.82, 2.24) is 19.4 Å². The van der Waals surface area contributed by atoms with E-state index in [9.17, 15) is 9.59 Å². The summed E-state index contributed by atoms with van der Waals surface area (Å²) < 4.78 is 12.7. The molecule has 1 saturated carbocycles. The number of ether oxygens (including phenoxy) is 2. The first-order valence-corrected chi connectivity index (χ1v) is 13.7. The lowest BCUT2D eigenvalue weighted by atomic mass is 9.78. The Morgan fingerprint density at radius 2 is 1.82 bits per heavy atom. The number of hydrogen-bond donors (Lipinski definition) is 0. The van der Waals surface area contributed by atoms with Crippen molar-refractivity contribution in [2.45, 2.75) is 38.1 Å². The van der Waals surface area contributed by atoms with Gasteiger partial charge in [0.15, 0.2) is 0 Å². The summed E-state index contributed by atoms with van der Waals surface area (Å²) in [6, 6.07) is 12.2. The fraction of sp³-hybridized carbons (Fsp3) is 0.500. The van der Waals surface area contributed by atoms with Crippen molar-refractivity contribution in [3.8, 4) is 0 Å². The van der Waals surface area contributed by atoms with Crippen LogP contribution in [-0.4, -0.2) is 84.8 Å². The van der Waals surface area contributed by atoms with Gasteiger partial charge in [0.05, 0.1) is 30.9 Å². The van der Waals surface area contributed by atoms with Gasteiger partial charge in [-0.15, -0.1) is 0 Å². The third-order valence-corrected chi connectivity index (χ3v) is 8.07. The molecule has 3 heterocycles. The molecule has 8 nitrogen and oxygen atoms in total. The first-order chi connectivity index (χ1) is 18.5. The van der Waals surface area contributed by atoms with Crippen molar-refractivity contribution < 1.29 is 19.1 Å². The zero-order valence-electron chi connectivity index (χ0n) is 22.5. The van der Waals surface area contributed by atoms with Gasteiger partial charge in [-0.25, -0.2) is 0 Å². The fourth-order valence-electron chi connectivity index (χ4n) is 5.77. The summed E-state index contributed by atoms with van der Waals surface area (Å²) in [5.74, 6) is 1.15. The standard InChI is InChI=1S/C30H38N4O4/c1-32(14-17-37-2)29(35)25-11-9-24(10-12-25)23-7-5-22(6-8-23)20-34-21-26(28-27(34)4-3-13-31-28)30(36)33-15-18-38-19-16-33/h3-4,9-13,21-23H,5-8,14-20H2,1-2H3. The largest absolute Gasteiger partial charge is 0.383 e. The van der Waals surface area contributed by atoms with Crippen LogP contribution in [0.15, 0.2) is 48.8 Å². The molecule has 2 aliphatic rings. The Bertz CT molecular complexity index is 1240. The van der Waals surface area contributed by atoms with Crippen LogP contribution >= 0.6 is 0 Å². The van der Waals surface area contributed by atoms with E-state index in [4.69, 9.17) is 9.47 Å². The number of nitrogens with zero attached hydrogens (tertiary/aromatic N) is 4. The highest BCUT2D eigenvalue weighted by Gasteiger charge is 2.26. The number of benzene rings is 1. The summed E-state index contributed by atoms with van der Waals surface area (Å²) in [5, 5.41) is 0. The molecule has 1 saturated heterocycles. The van der Waals surface area contributed by atoms with Gasteiger partial charge in [-0.3, -0.25) is 14.6 Å². The summed E-state index contributed by atoms with van der Waals surface area (Å²) >= 11 is 0. The average Bonchev–Trinajstić information content (AvgIpc) is 3.34. The Morgan fingerprint density at radius 1 is 1.08 bits per heavy atom. The summed E-state index contributed by atoms with van der Waals surface area (Å²) in [6.45, 7) is 4.44. The van der Waals surface area contributed by atoms with E-state index in [1.807, 2.05) is 36.3 Å². The topological polar surface area (TPSA) is 76.9 Å². The van der Waals surface area contributed by atoms with Gasteiger partial charge in [0.2, 0.25) is 0 Å². The Labute approximate surface area is 224 Å². The maximum Gasteiger partial charge on any atom is 0.257 e. The molecule has 0 radical (unpaired) electrons. The Balaban J connectivity index is 1.21. The second-order valence-electron chi connectivity index (χ2n) is 10.5. The number of morpholine rings is 1. The van der Waals surface area contributed by atoms with E-state index >= 15 is 0 Å². The van der Waals surface area contributed by atoms with E-state index in [2.05, 4.69) is 27.8 Å². The first-order valence-electron chi connectivity index (χ1n) is 13.7. The van der Waals surface area contributed by atoms with E-state index in [0.717, 1.165) is 48.8 Å². The summed E-state index contributed by atoms with van der Waals surface area (Å²) in [4.78, 5) is 34.0. The van der Waals surface area contributed by atoms with Gasteiger partial charge < -0.3 is 23.8 Å². The lowest BCUT2D eigenvalue weighted by molar-refractivity contribution is 0.0304. The number of amides is 2. The number of methoxy groups -OCH3 is 1. The highest BCUT2D eigenvalue weighted by molar-refractivity contribution is 6.05. The van der Waals surface area contributed by atoms with E-state index in [1.54, 1.807) is 18.2 Å². The molecule has 8 heteroatoms. The zero-order chi connectivity index (χ0) is 26.5. The van der Waals surface area contributed by atoms with Crippen molar-refractivity contribution in [2.24, 2.45) is 5.92 Å². The van der Waals surface area contributed by atoms with E-state index in [-0.39, 0.29) is 11.8 Å². The Hall–Kier alpha value is -3.23. The minimum Gasteiger partial charge on any atom is -0.383 e. The Morgan fingerprint density at radius 3 is 2.53 bits per heavy atom. The minimum absolute atomic E-state index is 0.0252. The van der Waals surface area contributed by atoms with Crippen molar-refractivity contribution >= 4 is 22.8 Å². The van der Waals surface area contributed by atoms with Crippen molar-refractivity contribution in [2.75, 3.05) is 53.6 Å². The maximum absolute atomic E-state index is 13.3. The molecule has 1 aliphatic heterocycles. The van der Waals surface area contributed by atoms with E-state index in [1.165, 1.54) is 5.56 Å². The van der Waals surface area contributed by atoms with Crippen molar-refractivity contribution in [3.63, 3.8) is 0 Å². The van der Waals surface area contributed by atoms with E-state index in [0.29, 0.717) is 56.9 Å².